The fourth-order valence-corrected chi connectivity index (χ4v) is 5.01. The molecular weight excluding hydrogens is 362 g/mol. The topological polar surface area (TPSA) is 56.4 Å². The first-order valence-corrected chi connectivity index (χ1v) is 9.84. The fraction of sp³-hybridized carbons (Fsp3) is 0.167. The highest BCUT2D eigenvalue weighted by Gasteiger charge is 2.59. The molecule has 1 fully saturated rings. The van der Waals surface area contributed by atoms with Gasteiger partial charge in [0.1, 0.15) is 0 Å². The van der Waals surface area contributed by atoms with E-state index < -0.39 is 5.54 Å². The zero-order valence-corrected chi connectivity index (χ0v) is 16.0. The molecule has 142 valence electrons. The van der Waals surface area contributed by atoms with Crippen LogP contribution in [-0.2, 0) is 16.8 Å². The second kappa shape index (κ2) is 5.47. The Balaban J connectivity index is 1.57. The first-order valence-electron chi connectivity index (χ1n) is 9.84. The third kappa shape index (κ3) is 1.94. The van der Waals surface area contributed by atoms with Crippen molar-refractivity contribution in [2.24, 2.45) is 0 Å². The molecule has 3 amide bonds. The number of aromatic nitrogens is 1. The molecule has 5 nitrogen and oxygen atoms in total. The Morgan fingerprint density at radius 1 is 0.897 bits per heavy atom. The summed E-state index contributed by atoms with van der Waals surface area (Å²) < 4.78 is 0. The van der Waals surface area contributed by atoms with E-state index in [2.05, 4.69) is 11.1 Å². The quantitative estimate of drug-likeness (QED) is 0.492. The maximum atomic E-state index is 13.8. The van der Waals surface area contributed by atoms with Gasteiger partial charge in [0, 0.05) is 22.8 Å². The monoisotopic (exact) mass is 381 g/mol. The number of nitrogens with zero attached hydrogens (tertiary/aromatic N) is 2. The van der Waals surface area contributed by atoms with Crippen LogP contribution in [0.25, 0.3) is 21.7 Å². The number of hydrogen-bond acceptors (Lipinski definition) is 2. The van der Waals surface area contributed by atoms with E-state index in [9.17, 15) is 9.59 Å². The lowest BCUT2D eigenvalue weighted by atomic mass is 9.87. The second-order valence-electron chi connectivity index (χ2n) is 7.92. The van der Waals surface area contributed by atoms with Crippen LogP contribution in [0.2, 0.25) is 0 Å². The Hall–Kier alpha value is -3.60. The van der Waals surface area contributed by atoms with Crippen LogP contribution < -0.4 is 4.90 Å². The minimum absolute atomic E-state index is 0.202. The van der Waals surface area contributed by atoms with Gasteiger partial charge in [-0.05, 0) is 36.4 Å². The number of nitrogens with one attached hydrogen (secondary N) is 1. The minimum Gasteiger partial charge on any atom is -0.356 e. The minimum atomic E-state index is -1.03. The Morgan fingerprint density at radius 3 is 2.48 bits per heavy atom. The molecule has 4 aromatic rings. The standard InChI is InChI=1S/C24H19N3O2/c1-24-21-18(17-10-4-5-11-19(17)25-21)13-14-26(24)23(29)27(22(24)28)20-12-6-8-15-7-2-3-9-16(15)20/h2-12,25H,13-14H2,1H3/t24-/m1/s1. The largest absolute Gasteiger partial charge is 0.356 e. The highest BCUT2D eigenvalue weighted by molar-refractivity contribution is 6.26. The van der Waals surface area contributed by atoms with Crippen molar-refractivity contribution in [3.8, 4) is 0 Å². The summed E-state index contributed by atoms with van der Waals surface area (Å²) in [6.45, 7) is 2.39. The van der Waals surface area contributed by atoms with Crippen molar-refractivity contribution >= 4 is 39.3 Å². The first kappa shape index (κ1) is 16.4. The number of H-pyrrole nitrogens is 1. The molecule has 0 radical (unpaired) electrons. The number of benzene rings is 3. The molecule has 0 spiro atoms. The van der Waals surface area contributed by atoms with E-state index in [1.807, 2.05) is 67.6 Å². The van der Waals surface area contributed by atoms with E-state index in [0.29, 0.717) is 12.2 Å². The molecule has 2 aliphatic rings. The third-order valence-corrected chi connectivity index (χ3v) is 6.47. The summed E-state index contributed by atoms with van der Waals surface area (Å²) in [5, 5.41) is 3.04. The number of anilines is 1. The Morgan fingerprint density at radius 2 is 1.62 bits per heavy atom. The Kier molecular flexibility index (Phi) is 3.09. The lowest BCUT2D eigenvalue weighted by Crippen LogP contribution is -2.49. The van der Waals surface area contributed by atoms with Gasteiger partial charge in [0.2, 0.25) is 0 Å². The van der Waals surface area contributed by atoms with E-state index in [4.69, 9.17) is 0 Å². The molecule has 5 heteroatoms. The van der Waals surface area contributed by atoms with Crippen molar-refractivity contribution in [2.75, 3.05) is 11.4 Å². The second-order valence-corrected chi connectivity index (χ2v) is 7.92. The summed E-state index contributed by atoms with van der Waals surface area (Å²) in [5.74, 6) is -0.202. The Labute approximate surface area is 167 Å². The van der Waals surface area contributed by atoms with Gasteiger partial charge in [0.25, 0.3) is 5.91 Å². The van der Waals surface area contributed by atoms with Crippen LogP contribution in [0.4, 0.5) is 10.5 Å². The SMILES string of the molecule is C[C@@]12C(=O)N(c3cccc4ccccc34)C(=O)N1CCc1c2[nH]c2ccccc12. The molecule has 29 heavy (non-hydrogen) atoms. The highest BCUT2D eigenvalue weighted by atomic mass is 16.2. The summed E-state index contributed by atoms with van der Waals surface area (Å²) in [6.07, 6.45) is 0.733. The van der Waals surface area contributed by atoms with Gasteiger partial charge in [-0.15, -0.1) is 0 Å². The third-order valence-electron chi connectivity index (χ3n) is 6.47. The van der Waals surface area contributed by atoms with Gasteiger partial charge in [-0.25, -0.2) is 9.69 Å². The molecule has 3 heterocycles. The molecule has 0 unspecified atom stereocenters. The van der Waals surface area contributed by atoms with E-state index >= 15 is 0 Å². The number of rotatable bonds is 1. The van der Waals surface area contributed by atoms with Gasteiger partial charge in [0.05, 0.1) is 11.4 Å². The Bertz CT molecular complexity index is 1330. The van der Waals surface area contributed by atoms with Crippen molar-refractivity contribution < 1.29 is 9.59 Å². The van der Waals surface area contributed by atoms with E-state index in [1.165, 1.54) is 4.90 Å². The van der Waals surface area contributed by atoms with Crippen LogP contribution >= 0.6 is 0 Å². The van der Waals surface area contributed by atoms with Crippen LogP contribution in [0, 0.1) is 0 Å². The summed E-state index contributed by atoms with van der Waals surface area (Å²) in [5.41, 5.74) is 2.60. The molecule has 0 aliphatic carbocycles. The number of fused-ring (bicyclic) bond motifs is 6. The number of urea groups is 1. The smallest absolute Gasteiger partial charge is 0.332 e. The lowest BCUT2D eigenvalue weighted by molar-refractivity contribution is -0.125. The van der Waals surface area contributed by atoms with Crippen molar-refractivity contribution in [1.82, 2.24) is 9.88 Å². The lowest BCUT2D eigenvalue weighted by Gasteiger charge is -2.35. The summed E-state index contributed by atoms with van der Waals surface area (Å²) >= 11 is 0. The van der Waals surface area contributed by atoms with Crippen molar-refractivity contribution in [3.05, 3.63) is 78.0 Å². The number of amides is 3. The fourth-order valence-electron chi connectivity index (χ4n) is 5.01. The van der Waals surface area contributed by atoms with Gasteiger partial charge in [-0.3, -0.25) is 4.79 Å². The maximum Gasteiger partial charge on any atom is 0.332 e. The molecule has 1 atom stereocenters. The van der Waals surface area contributed by atoms with Crippen LogP contribution in [-0.4, -0.2) is 28.4 Å². The van der Waals surface area contributed by atoms with Gasteiger partial charge >= 0.3 is 6.03 Å². The predicted molar refractivity (Wildman–Crippen MR) is 113 cm³/mol. The molecule has 1 aromatic heterocycles. The van der Waals surface area contributed by atoms with Gasteiger partial charge < -0.3 is 9.88 Å². The number of carbonyl (C=O) groups is 2. The molecule has 0 saturated carbocycles. The van der Waals surface area contributed by atoms with Crippen LogP contribution in [0.15, 0.2) is 66.7 Å². The molecule has 0 bridgehead atoms. The zero-order chi connectivity index (χ0) is 19.8. The van der Waals surface area contributed by atoms with E-state index in [1.54, 1.807) is 4.90 Å². The number of imide groups is 1. The normalized spacial score (nSPS) is 21.1. The molecule has 2 aliphatic heterocycles. The van der Waals surface area contributed by atoms with Crippen LogP contribution in [0.1, 0.15) is 18.2 Å². The van der Waals surface area contributed by atoms with Gasteiger partial charge in [0.15, 0.2) is 5.54 Å². The van der Waals surface area contributed by atoms with Crippen LogP contribution in [0.3, 0.4) is 0 Å². The first-order chi connectivity index (χ1) is 14.1. The zero-order valence-electron chi connectivity index (χ0n) is 16.0. The number of para-hydroxylation sites is 1. The highest BCUT2D eigenvalue weighted by Crippen LogP contribution is 2.46. The van der Waals surface area contributed by atoms with Crippen molar-refractivity contribution in [1.29, 1.82) is 0 Å². The number of hydrogen-bond donors (Lipinski definition) is 1. The predicted octanol–water partition coefficient (Wildman–Crippen LogP) is 4.56. The molecular formula is C24H19N3O2. The van der Waals surface area contributed by atoms with Crippen LogP contribution in [0.5, 0.6) is 0 Å². The van der Waals surface area contributed by atoms with Gasteiger partial charge in [-0.1, -0.05) is 54.6 Å². The average molecular weight is 381 g/mol. The molecule has 6 rings (SSSR count). The summed E-state index contributed by atoms with van der Waals surface area (Å²) in [7, 11) is 0. The maximum absolute atomic E-state index is 13.8. The molecule has 3 aromatic carbocycles. The van der Waals surface area contributed by atoms with E-state index in [0.717, 1.165) is 39.4 Å². The number of aromatic amines is 1. The summed E-state index contributed by atoms with van der Waals surface area (Å²) in [4.78, 5) is 33.8. The van der Waals surface area contributed by atoms with Crippen molar-refractivity contribution in [2.45, 2.75) is 18.9 Å². The number of carbonyl (C=O) groups excluding carboxylic acids is 2. The summed E-state index contributed by atoms with van der Waals surface area (Å²) in [6, 6.07) is 21.4. The molecule has 1 N–H and O–H groups in total. The van der Waals surface area contributed by atoms with E-state index in [-0.39, 0.29) is 11.9 Å². The van der Waals surface area contributed by atoms with Crippen molar-refractivity contribution in [3.63, 3.8) is 0 Å². The van der Waals surface area contributed by atoms with Gasteiger partial charge in [-0.2, -0.15) is 0 Å². The molecule has 1 saturated heterocycles. The average Bonchev–Trinajstić information content (AvgIpc) is 3.22.